The molecule has 0 aliphatic carbocycles. The largest absolute Gasteiger partial charge is 0.244 e. The summed E-state index contributed by atoms with van der Waals surface area (Å²) >= 11 is 0. The maximum atomic E-state index is 11.3. The third-order valence-electron chi connectivity index (χ3n) is 1.86. The van der Waals surface area contributed by atoms with E-state index in [1.54, 1.807) is 0 Å². The predicted octanol–water partition coefficient (Wildman–Crippen LogP) is 0.197. The van der Waals surface area contributed by atoms with Crippen LogP contribution in [-0.2, 0) is 19.7 Å². The SMILES string of the molecule is Cc1c(S(C)(=O)=O)ccnc1S(C)(=O)=O. The summed E-state index contributed by atoms with van der Waals surface area (Å²) in [5.74, 6) is 0. The molecule has 0 radical (unpaired) electrons. The molecule has 15 heavy (non-hydrogen) atoms. The minimum atomic E-state index is -3.49. The first-order chi connectivity index (χ1) is 6.64. The topological polar surface area (TPSA) is 81.2 Å². The highest BCUT2D eigenvalue weighted by molar-refractivity contribution is 7.91. The minimum Gasteiger partial charge on any atom is -0.244 e. The molecule has 1 aromatic rings. The molecule has 0 unspecified atom stereocenters. The van der Waals surface area contributed by atoms with E-state index in [1.807, 2.05) is 0 Å². The summed E-state index contributed by atoms with van der Waals surface area (Å²) < 4.78 is 45.2. The Kier molecular flexibility index (Phi) is 2.88. The van der Waals surface area contributed by atoms with Crippen molar-refractivity contribution in [2.24, 2.45) is 0 Å². The molecular weight excluding hydrogens is 238 g/mol. The van der Waals surface area contributed by atoms with Gasteiger partial charge in [0.15, 0.2) is 24.7 Å². The maximum absolute atomic E-state index is 11.3. The smallest absolute Gasteiger partial charge is 0.193 e. The fraction of sp³-hybridized carbons (Fsp3) is 0.375. The molecule has 84 valence electrons. The van der Waals surface area contributed by atoms with Crippen molar-refractivity contribution >= 4 is 19.7 Å². The van der Waals surface area contributed by atoms with Gasteiger partial charge in [-0.25, -0.2) is 21.8 Å². The van der Waals surface area contributed by atoms with Crippen LogP contribution in [0.25, 0.3) is 0 Å². The Balaban J connectivity index is 3.65. The second-order valence-corrected chi connectivity index (χ2v) is 7.20. The fourth-order valence-electron chi connectivity index (χ4n) is 1.28. The van der Waals surface area contributed by atoms with E-state index >= 15 is 0 Å². The zero-order chi connectivity index (χ0) is 11.9. The highest BCUT2D eigenvalue weighted by Gasteiger charge is 2.19. The van der Waals surface area contributed by atoms with Crippen LogP contribution in [0, 0.1) is 6.92 Å². The van der Waals surface area contributed by atoms with Crippen LogP contribution in [0.4, 0.5) is 0 Å². The van der Waals surface area contributed by atoms with Crippen molar-refractivity contribution in [1.82, 2.24) is 4.98 Å². The molecule has 1 rings (SSSR count). The molecule has 0 aliphatic heterocycles. The lowest BCUT2D eigenvalue weighted by molar-refractivity contribution is 0.595. The molecule has 0 aliphatic rings. The number of rotatable bonds is 2. The predicted molar refractivity (Wildman–Crippen MR) is 55.2 cm³/mol. The van der Waals surface area contributed by atoms with E-state index in [4.69, 9.17) is 0 Å². The first-order valence-electron chi connectivity index (χ1n) is 4.00. The van der Waals surface area contributed by atoms with Crippen LogP contribution in [0.3, 0.4) is 0 Å². The molecule has 0 atom stereocenters. The molecule has 0 bridgehead atoms. The van der Waals surface area contributed by atoms with Crippen LogP contribution in [0.15, 0.2) is 22.2 Å². The quantitative estimate of drug-likeness (QED) is 0.747. The summed E-state index contributed by atoms with van der Waals surface area (Å²) in [6.07, 6.45) is 3.20. The molecule has 5 nitrogen and oxygen atoms in total. The Bertz CT molecular complexity index is 537. The number of aromatic nitrogens is 1. The number of hydrogen-bond donors (Lipinski definition) is 0. The van der Waals surface area contributed by atoms with Crippen molar-refractivity contribution in [3.8, 4) is 0 Å². The van der Waals surface area contributed by atoms with Crippen molar-refractivity contribution < 1.29 is 16.8 Å². The van der Waals surface area contributed by atoms with Gasteiger partial charge in [-0.1, -0.05) is 0 Å². The molecule has 0 spiro atoms. The van der Waals surface area contributed by atoms with Gasteiger partial charge in [0, 0.05) is 24.3 Å². The van der Waals surface area contributed by atoms with Gasteiger partial charge in [0.25, 0.3) is 0 Å². The zero-order valence-corrected chi connectivity index (χ0v) is 10.2. The van der Waals surface area contributed by atoms with Crippen LogP contribution in [0.2, 0.25) is 0 Å². The van der Waals surface area contributed by atoms with Crippen LogP contribution < -0.4 is 0 Å². The summed E-state index contributed by atoms with van der Waals surface area (Å²) in [6.45, 7) is 1.43. The van der Waals surface area contributed by atoms with E-state index in [0.717, 1.165) is 12.5 Å². The first-order valence-corrected chi connectivity index (χ1v) is 7.78. The summed E-state index contributed by atoms with van der Waals surface area (Å²) in [5.41, 5.74) is 0.169. The average Bonchev–Trinajstić information content (AvgIpc) is 1.99. The third-order valence-corrected chi connectivity index (χ3v) is 4.21. The van der Waals surface area contributed by atoms with Gasteiger partial charge in [0.1, 0.15) is 0 Å². The Morgan fingerprint density at radius 2 is 1.60 bits per heavy atom. The molecule has 0 amide bonds. The second kappa shape index (κ2) is 3.57. The summed E-state index contributed by atoms with van der Waals surface area (Å²) in [5, 5.41) is -0.189. The lowest BCUT2D eigenvalue weighted by Crippen LogP contribution is -2.08. The monoisotopic (exact) mass is 249 g/mol. The number of sulfone groups is 2. The fourth-order valence-corrected chi connectivity index (χ4v) is 3.22. The minimum absolute atomic E-state index is 0.00192. The van der Waals surface area contributed by atoms with Crippen molar-refractivity contribution in [2.75, 3.05) is 12.5 Å². The number of nitrogens with zero attached hydrogens (tertiary/aromatic N) is 1. The van der Waals surface area contributed by atoms with E-state index in [9.17, 15) is 16.8 Å². The Morgan fingerprint density at radius 3 is 2.00 bits per heavy atom. The Labute approximate surface area is 89.0 Å². The van der Waals surface area contributed by atoms with E-state index in [0.29, 0.717) is 0 Å². The number of hydrogen-bond acceptors (Lipinski definition) is 5. The first kappa shape index (κ1) is 12.1. The summed E-state index contributed by atoms with van der Waals surface area (Å²) in [4.78, 5) is 3.67. The molecule has 0 saturated heterocycles. The van der Waals surface area contributed by atoms with E-state index in [2.05, 4.69) is 4.98 Å². The molecule has 0 saturated carbocycles. The number of pyridine rings is 1. The highest BCUT2D eigenvalue weighted by Crippen LogP contribution is 2.19. The van der Waals surface area contributed by atoms with E-state index in [1.165, 1.54) is 19.2 Å². The second-order valence-electron chi connectivity index (χ2n) is 3.28. The van der Waals surface area contributed by atoms with Gasteiger partial charge >= 0.3 is 0 Å². The normalized spacial score (nSPS) is 12.7. The molecule has 7 heteroatoms. The lowest BCUT2D eigenvalue weighted by atomic mass is 10.3. The molecule has 0 fully saturated rings. The van der Waals surface area contributed by atoms with Crippen LogP contribution >= 0.6 is 0 Å². The Hall–Kier alpha value is -0.950. The van der Waals surface area contributed by atoms with Gasteiger partial charge in [0.2, 0.25) is 0 Å². The summed E-state index contributed by atoms with van der Waals surface area (Å²) in [7, 11) is -6.91. The molecule has 0 aromatic carbocycles. The van der Waals surface area contributed by atoms with Crippen molar-refractivity contribution in [2.45, 2.75) is 16.8 Å². The average molecular weight is 249 g/mol. The molecular formula is C8H11NO4S2. The van der Waals surface area contributed by atoms with Gasteiger partial charge in [0.05, 0.1) is 4.90 Å². The molecule has 1 heterocycles. The van der Waals surface area contributed by atoms with Gasteiger partial charge in [-0.05, 0) is 13.0 Å². The third kappa shape index (κ3) is 2.54. The molecule has 1 aromatic heterocycles. The standard InChI is InChI=1S/C8H11NO4S2/c1-6-7(14(2,10)11)4-5-9-8(6)15(3,12)13/h4-5H,1-3H3. The van der Waals surface area contributed by atoms with E-state index in [-0.39, 0.29) is 15.5 Å². The van der Waals surface area contributed by atoms with Crippen LogP contribution in [0.1, 0.15) is 5.56 Å². The maximum Gasteiger partial charge on any atom is 0.193 e. The lowest BCUT2D eigenvalue weighted by Gasteiger charge is -2.06. The van der Waals surface area contributed by atoms with Crippen molar-refractivity contribution in [3.05, 3.63) is 17.8 Å². The van der Waals surface area contributed by atoms with Gasteiger partial charge in [-0.2, -0.15) is 0 Å². The van der Waals surface area contributed by atoms with Crippen molar-refractivity contribution in [3.63, 3.8) is 0 Å². The Morgan fingerprint density at radius 1 is 1.07 bits per heavy atom. The summed E-state index contributed by atoms with van der Waals surface area (Å²) in [6, 6.07) is 1.29. The molecule has 0 N–H and O–H groups in total. The highest BCUT2D eigenvalue weighted by atomic mass is 32.2. The van der Waals surface area contributed by atoms with Crippen molar-refractivity contribution in [1.29, 1.82) is 0 Å². The van der Waals surface area contributed by atoms with Gasteiger partial charge in [-0.3, -0.25) is 0 Å². The van der Waals surface area contributed by atoms with Crippen LogP contribution in [-0.4, -0.2) is 34.3 Å². The zero-order valence-electron chi connectivity index (χ0n) is 8.55. The van der Waals surface area contributed by atoms with Gasteiger partial charge in [-0.15, -0.1) is 0 Å². The van der Waals surface area contributed by atoms with Crippen LogP contribution in [0.5, 0.6) is 0 Å². The van der Waals surface area contributed by atoms with Gasteiger partial charge < -0.3 is 0 Å². The van der Waals surface area contributed by atoms with E-state index < -0.39 is 19.7 Å².